The molecule has 0 aromatic heterocycles. The van der Waals surface area contributed by atoms with Crippen LogP contribution in [0.25, 0.3) is 0 Å². The van der Waals surface area contributed by atoms with E-state index >= 15 is 0 Å². The molecule has 2 aromatic carbocycles. The number of rotatable bonds is 5. The van der Waals surface area contributed by atoms with E-state index in [-0.39, 0.29) is 5.97 Å². The maximum Gasteiger partial charge on any atom is 0.343 e. The molecule has 0 atom stereocenters. The number of esters is 1. The van der Waals surface area contributed by atoms with Crippen molar-refractivity contribution in [2.75, 3.05) is 0 Å². The third-order valence-corrected chi connectivity index (χ3v) is 5.51. The molecule has 3 heteroatoms. The average Bonchev–Trinajstić information content (AvgIpc) is 2.65. The van der Waals surface area contributed by atoms with Crippen molar-refractivity contribution >= 4 is 18.6 Å². The Morgan fingerprint density at radius 3 is 2.24 bits per heavy atom. The van der Waals surface area contributed by atoms with Crippen LogP contribution >= 0.6 is 12.6 Å². The predicted molar refractivity (Wildman–Crippen MR) is 105 cm³/mol. The number of hydrogen-bond donors (Lipinski definition) is 1. The minimum absolute atomic E-state index is 0.315. The van der Waals surface area contributed by atoms with Gasteiger partial charge in [0.15, 0.2) is 0 Å². The quantitative estimate of drug-likeness (QED) is 0.389. The lowest BCUT2D eigenvalue weighted by molar-refractivity contribution is 0.0734. The first kappa shape index (κ1) is 18.1. The zero-order chi connectivity index (χ0) is 17.6. The molecule has 0 saturated heterocycles. The van der Waals surface area contributed by atoms with Gasteiger partial charge < -0.3 is 4.74 Å². The largest absolute Gasteiger partial charge is 0.423 e. The Kier molecular flexibility index (Phi) is 6.19. The van der Waals surface area contributed by atoms with Gasteiger partial charge >= 0.3 is 5.97 Å². The van der Waals surface area contributed by atoms with E-state index in [9.17, 15) is 4.79 Å². The number of ether oxygens (including phenoxy) is 1. The minimum Gasteiger partial charge on any atom is -0.423 e. The van der Waals surface area contributed by atoms with E-state index in [0.29, 0.717) is 17.2 Å². The summed E-state index contributed by atoms with van der Waals surface area (Å²) in [5.74, 6) is 1.78. The second-order valence-corrected chi connectivity index (χ2v) is 7.53. The third kappa shape index (κ3) is 4.88. The molecule has 25 heavy (non-hydrogen) atoms. The van der Waals surface area contributed by atoms with Crippen LogP contribution in [0.2, 0.25) is 0 Å². The molecule has 1 saturated carbocycles. The lowest BCUT2D eigenvalue weighted by atomic mass is 9.77. The van der Waals surface area contributed by atoms with Crippen LogP contribution in [-0.4, -0.2) is 5.97 Å². The SMILES string of the molecule is CCCC1CCC(c2ccc(C(=O)Oc3ccc(S)cc3)cc2)CC1. The van der Waals surface area contributed by atoms with Gasteiger partial charge in [0.2, 0.25) is 0 Å². The summed E-state index contributed by atoms with van der Waals surface area (Å²) in [6.45, 7) is 2.27. The molecular weight excluding hydrogens is 328 g/mol. The van der Waals surface area contributed by atoms with Crippen molar-refractivity contribution in [1.29, 1.82) is 0 Å². The van der Waals surface area contributed by atoms with Crippen LogP contribution in [0.5, 0.6) is 5.75 Å². The lowest BCUT2D eigenvalue weighted by Gasteiger charge is -2.28. The van der Waals surface area contributed by atoms with Crippen molar-refractivity contribution in [3.8, 4) is 5.75 Å². The van der Waals surface area contributed by atoms with E-state index in [2.05, 4.69) is 31.7 Å². The Morgan fingerprint density at radius 2 is 1.64 bits per heavy atom. The van der Waals surface area contributed by atoms with Crippen LogP contribution in [-0.2, 0) is 0 Å². The number of carbonyl (C=O) groups is 1. The van der Waals surface area contributed by atoms with Gasteiger partial charge in [-0.15, -0.1) is 12.6 Å². The van der Waals surface area contributed by atoms with Gasteiger partial charge in [-0.3, -0.25) is 0 Å². The van der Waals surface area contributed by atoms with Gasteiger partial charge in [-0.2, -0.15) is 0 Å². The van der Waals surface area contributed by atoms with Crippen LogP contribution in [0.3, 0.4) is 0 Å². The summed E-state index contributed by atoms with van der Waals surface area (Å²) >= 11 is 4.23. The predicted octanol–water partition coefficient (Wildman–Crippen LogP) is 6.27. The van der Waals surface area contributed by atoms with Gasteiger partial charge in [0.25, 0.3) is 0 Å². The Balaban J connectivity index is 1.58. The molecule has 0 amide bonds. The van der Waals surface area contributed by atoms with E-state index in [1.807, 2.05) is 24.3 Å². The molecular formula is C22H26O2S. The molecule has 1 aliphatic carbocycles. The fraction of sp³-hybridized carbons (Fsp3) is 0.409. The Morgan fingerprint density at radius 1 is 1.00 bits per heavy atom. The van der Waals surface area contributed by atoms with Crippen molar-refractivity contribution in [3.63, 3.8) is 0 Å². The Bertz CT molecular complexity index is 683. The molecule has 1 fully saturated rings. The van der Waals surface area contributed by atoms with E-state index in [4.69, 9.17) is 4.74 Å². The summed E-state index contributed by atoms with van der Waals surface area (Å²) in [6, 6.07) is 15.1. The van der Waals surface area contributed by atoms with Crippen LogP contribution < -0.4 is 4.74 Å². The van der Waals surface area contributed by atoms with Gasteiger partial charge in [-0.25, -0.2) is 4.79 Å². The van der Waals surface area contributed by atoms with Crippen LogP contribution in [0, 0.1) is 5.92 Å². The number of carbonyl (C=O) groups excluding carboxylic acids is 1. The van der Waals surface area contributed by atoms with Crippen molar-refractivity contribution in [3.05, 3.63) is 59.7 Å². The monoisotopic (exact) mass is 354 g/mol. The zero-order valence-electron chi connectivity index (χ0n) is 14.8. The molecule has 2 nitrogen and oxygen atoms in total. The third-order valence-electron chi connectivity index (χ3n) is 5.21. The minimum atomic E-state index is -0.315. The number of benzene rings is 2. The molecule has 0 heterocycles. The molecule has 0 aliphatic heterocycles. The first-order chi connectivity index (χ1) is 12.2. The van der Waals surface area contributed by atoms with E-state index in [1.54, 1.807) is 12.1 Å². The van der Waals surface area contributed by atoms with Gasteiger partial charge in [0, 0.05) is 4.90 Å². The fourth-order valence-electron chi connectivity index (χ4n) is 3.76. The van der Waals surface area contributed by atoms with Gasteiger partial charge in [0.1, 0.15) is 5.75 Å². The van der Waals surface area contributed by atoms with Gasteiger partial charge in [-0.05, 0) is 79.5 Å². The molecule has 0 N–H and O–H groups in total. The van der Waals surface area contributed by atoms with Crippen molar-refractivity contribution in [2.24, 2.45) is 5.92 Å². The van der Waals surface area contributed by atoms with Crippen LogP contribution in [0.1, 0.15) is 67.3 Å². The van der Waals surface area contributed by atoms with E-state index in [0.717, 1.165) is 10.8 Å². The van der Waals surface area contributed by atoms with Crippen molar-refractivity contribution in [1.82, 2.24) is 0 Å². The van der Waals surface area contributed by atoms with E-state index in [1.165, 1.54) is 44.1 Å². The van der Waals surface area contributed by atoms with Gasteiger partial charge in [-0.1, -0.05) is 31.9 Å². The van der Waals surface area contributed by atoms with E-state index < -0.39 is 0 Å². The molecule has 132 valence electrons. The first-order valence-corrected chi connectivity index (χ1v) is 9.71. The van der Waals surface area contributed by atoms with Crippen LogP contribution in [0.15, 0.2) is 53.4 Å². The molecule has 0 spiro atoms. The molecule has 0 unspecified atom stereocenters. The lowest BCUT2D eigenvalue weighted by Crippen LogP contribution is -2.13. The summed E-state index contributed by atoms with van der Waals surface area (Å²) in [4.78, 5) is 13.1. The highest BCUT2D eigenvalue weighted by molar-refractivity contribution is 7.80. The molecule has 2 aromatic rings. The van der Waals surface area contributed by atoms with Crippen molar-refractivity contribution < 1.29 is 9.53 Å². The maximum atomic E-state index is 12.3. The highest BCUT2D eigenvalue weighted by Gasteiger charge is 2.22. The Labute approximate surface area is 156 Å². The molecule has 3 rings (SSSR count). The average molecular weight is 355 g/mol. The summed E-state index contributed by atoms with van der Waals surface area (Å²) in [7, 11) is 0. The molecule has 0 radical (unpaired) electrons. The highest BCUT2D eigenvalue weighted by Crippen LogP contribution is 2.37. The maximum absolute atomic E-state index is 12.3. The molecule has 1 aliphatic rings. The molecule has 0 bridgehead atoms. The zero-order valence-corrected chi connectivity index (χ0v) is 15.7. The Hall–Kier alpha value is -1.74. The fourth-order valence-corrected chi connectivity index (χ4v) is 3.91. The summed E-state index contributed by atoms with van der Waals surface area (Å²) in [5.41, 5.74) is 1.95. The summed E-state index contributed by atoms with van der Waals surface area (Å²) < 4.78 is 5.41. The first-order valence-electron chi connectivity index (χ1n) is 9.27. The van der Waals surface area contributed by atoms with Crippen LogP contribution in [0.4, 0.5) is 0 Å². The normalized spacial score (nSPS) is 20.2. The smallest absolute Gasteiger partial charge is 0.343 e. The second-order valence-electron chi connectivity index (χ2n) is 7.01. The number of thiol groups is 1. The highest BCUT2D eigenvalue weighted by atomic mass is 32.1. The van der Waals surface area contributed by atoms with Gasteiger partial charge in [0.05, 0.1) is 5.56 Å². The number of hydrogen-bond acceptors (Lipinski definition) is 3. The second kappa shape index (κ2) is 8.57. The summed E-state index contributed by atoms with van der Waals surface area (Å²) in [5, 5.41) is 0. The topological polar surface area (TPSA) is 26.3 Å². The summed E-state index contributed by atoms with van der Waals surface area (Å²) in [6.07, 6.45) is 7.87. The standard InChI is InChI=1S/C22H26O2S/c1-2-3-16-4-6-17(7-5-16)18-8-10-19(11-9-18)22(23)24-20-12-14-21(25)15-13-20/h8-17,25H,2-7H2,1H3. The van der Waals surface area contributed by atoms with Crippen molar-refractivity contribution in [2.45, 2.75) is 56.3 Å².